The van der Waals surface area contributed by atoms with Gasteiger partial charge in [0.2, 0.25) is 0 Å². The molecule has 4 rings (SSSR count). The minimum atomic E-state index is 0.753. The molecule has 0 radical (unpaired) electrons. The summed E-state index contributed by atoms with van der Waals surface area (Å²) < 4.78 is 0. The highest BCUT2D eigenvalue weighted by atomic mass is 14.2. The molecule has 0 heteroatoms. The lowest BCUT2D eigenvalue weighted by molar-refractivity contribution is 0.601. The molecule has 0 spiro atoms. The van der Waals surface area contributed by atoms with Crippen LogP contribution in [0.5, 0.6) is 0 Å². The fourth-order valence-electron chi connectivity index (χ4n) is 3.94. The number of rotatable bonds is 1. The van der Waals surface area contributed by atoms with Crippen molar-refractivity contribution in [3.8, 4) is 0 Å². The average molecular weight is 260 g/mol. The lowest BCUT2D eigenvalue weighted by atomic mass is 9.81. The van der Waals surface area contributed by atoms with Crippen LogP contribution in [0.3, 0.4) is 0 Å². The highest BCUT2D eigenvalue weighted by Gasteiger charge is 2.19. The van der Waals surface area contributed by atoms with Crippen LogP contribution in [0.25, 0.3) is 12.2 Å². The first-order chi connectivity index (χ1) is 9.88. The summed E-state index contributed by atoms with van der Waals surface area (Å²) in [5, 5.41) is 5.77. The molecule has 0 aromatic heterocycles. The van der Waals surface area contributed by atoms with Crippen molar-refractivity contribution < 1.29 is 0 Å². The topological polar surface area (TPSA) is 0 Å². The number of fused-ring (bicyclic) bond motifs is 4. The molecule has 2 aromatic rings. The van der Waals surface area contributed by atoms with Gasteiger partial charge in [0.1, 0.15) is 0 Å². The van der Waals surface area contributed by atoms with E-state index in [0.29, 0.717) is 0 Å². The minimum absolute atomic E-state index is 0.753. The molecule has 1 unspecified atom stereocenters. The third-order valence-corrected chi connectivity index (χ3v) is 4.95. The van der Waals surface area contributed by atoms with E-state index in [1.54, 1.807) is 11.1 Å². The van der Waals surface area contributed by atoms with Crippen LogP contribution in [0, 0.1) is 10.4 Å². The predicted octanol–water partition coefficient (Wildman–Crippen LogP) is 3.38. The normalized spacial score (nSPS) is 19.1. The van der Waals surface area contributed by atoms with Crippen LogP contribution >= 0.6 is 0 Å². The smallest absolute Gasteiger partial charge is 0.00790 e. The second kappa shape index (κ2) is 4.63. The Hall–Kier alpha value is -1.82. The van der Waals surface area contributed by atoms with Crippen LogP contribution in [0.4, 0.5) is 0 Å². The van der Waals surface area contributed by atoms with E-state index in [0.717, 1.165) is 12.3 Å². The van der Waals surface area contributed by atoms with Crippen LogP contribution in [0.15, 0.2) is 36.4 Å². The molecule has 0 amide bonds. The molecule has 100 valence electrons. The van der Waals surface area contributed by atoms with Crippen molar-refractivity contribution in [2.24, 2.45) is 0 Å². The van der Waals surface area contributed by atoms with Crippen molar-refractivity contribution in [1.82, 2.24) is 0 Å². The zero-order chi connectivity index (χ0) is 13.5. The summed E-state index contributed by atoms with van der Waals surface area (Å²) in [6.07, 6.45) is 9.76. The summed E-state index contributed by atoms with van der Waals surface area (Å²) >= 11 is 0. The Morgan fingerprint density at radius 1 is 0.950 bits per heavy atom. The van der Waals surface area contributed by atoms with Crippen LogP contribution < -0.4 is 10.4 Å². The maximum Gasteiger partial charge on any atom is -0.00790 e. The molecule has 0 nitrogen and oxygen atoms in total. The van der Waals surface area contributed by atoms with Crippen LogP contribution in [0.2, 0.25) is 0 Å². The van der Waals surface area contributed by atoms with Crippen molar-refractivity contribution in [3.63, 3.8) is 0 Å². The first-order valence-corrected chi connectivity index (χ1v) is 7.80. The van der Waals surface area contributed by atoms with E-state index in [2.05, 4.69) is 55.5 Å². The van der Waals surface area contributed by atoms with Gasteiger partial charge in [-0.1, -0.05) is 55.5 Å². The van der Waals surface area contributed by atoms with E-state index in [9.17, 15) is 0 Å². The van der Waals surface area contributed by atoms with Gasteiger partial charge in [0, 0.05) is 0 Å². The molecule has 0 heterocycles. The Morgan fingerprint density at radius 3 is 2.75 bits per heavy atom. The Balaban J connectivity index is 2.18. The van der Waals surface area contributed by atoms with Crippen molar-refractivity contribution in [2.45, 2.75) is 38.5 Å². The van der Waals surface area contributed by atoms with E-state index in [4.69, 9.17) is 0 Å². The van der Waals surface area contributed by atoms with Gasteiger partial charge in [0.15, 0.2) is 0 Å². The van der Waals surface area contributed by atoms with E-state index >= 15 is 0 Å². The standard InChI is InChI=1S/C20H20/c1-2-14-7-5-8-16-11-12-18-17-9-4-3-6-15(17)10-13-19(18)20(14)16/h3-4,6,8-12,14H,2,5,7,13H2,1H3. The molecule has 2 aliphatic rings. The predicted molar refractivity (Wildman–Crippen MR) is 84.7 cm³/mol. The quantitative estimate of drug-likeness (QED) is 0.737. The molecule has 0 aliphatic heterocycles. The lowest BCUT2D eigenvalue weighted by Gasteiger charge is -2.24. The van der Waals surface area contributed by atoms with Crippen molar-refractivity contribution >= 4 is 12.2 Å². The second-order valence-electron chi connectivity index (χ2n) is 5.98. The highest BCUT2D eigenvalue weighted by molar-refractivity contribution is 5.48. The van der Waals surface area contributed by atoms with Crippen LogP contribution in [-0.4, -0.2) is 0 Å². The zero-order valence-corrected chi connectivity index (χ0v) is 12.0. The fraction of sp³-hybridized carbons (Fsp3) is 0.300. The average Bonchev–Trinajstić information content (AvgIpc) is 2.53. The van der Waals surface area contributed by atoms with E-state index in [1.807, 2.05) is 0 Å². The Morgan fingerprint density at radius 2 is 1.85 bits per heavy atom. The largest absolute Gasteiger partial charge is 0.0769 e. The number of hydrogen-bond acceptors (Lipinski definition) is 0. The molecular formula is C20H20. The summed E-state index contributed by atoms with van der Waals surface area (Å²) in [7, 11) is 0. The maximum atomic E-state index is 2.43. The molecule has 0 N–H and O–H groups in total. The Labute approximate surface area is 119 Å². The number of benzene rings is 2. The third-order valence-electron chi connectivity index (χ3n) is 4.95. The monoisotopic (exact) mass is 260 g/mol. The van der Waals surface area contributed by atoms with Gasteiger partial charge in [-0.3, -0.25) is 0 Å². The van der Waals surface area contributed by atoms with Gasteiger partial charge >= 0.3 is 0 Å². The molecular weight excluding hydrogens is 240 g/mol. The Kier molecular flexibility index (Phi) is 2.77. The summed E-state index contributed by atoms with van der Waals surface area (Å²) in [5.41, 5.74) is 3.23. The van der Waals surface area contributed by atoms with Gasteiger partial charge < -0.3 is 0 Å². The first kappa shape index (κ1) is 12.0. The zero-order valence-electron chi connectivity index (χ0n) is 12.0. The van der Waals surface area contributed by atoms with Gasteiger partial charge in [-0.15, -0.1) is 0 Å². The minimum Gasteiger partial charge on any atom is -0.0769 e. The summed E-state index contributed by atoms with van der Waals surface area (Å²) in [5.74, 6) is 0.753. The molecule has 0 saturated carbocycles. The lowest BCUT2D eigenvalue weighted by Crippen LogP contribution is -2.22. The van der Waals surface area contributed by atoms with Crippen LogP contribution in [0.1, 0.15) is 43.2 Å². The fourth-order valence-corrected chi connectivity index (χ4v) is 3.94. The van der Waals surface area contributed by atoms with E-state index < -0.39 is 0 Å². The maximum absolute atomic E-state index is 2.43. The molecule has 0 saturated heterocycles. The second-order valence-corrected chi connectivity index (χ2v) is 5.98. The van der Waals surface area contributed by atoms with Gasteiger partial charge in [0.25, 0.3) is 0 Å². The number of hydrogen-bond donors (Lipinski definition) is 0. The van der Waals surface area contributed by atoms with E-state index in [1.165, 1.54) is 40.1 Å². The van der Waals surface area contributed by atoms with E-state index in [-0.39, 0.29) is 0 Å². The molecule has 20 heavy (non-hydrogen) atoms. The van der Waals surface area contributed by atoms with Gasteiger partial charge in [0.05, 0.1) is 0 Å². The van der Waals surface area contributed by atoms with Crippen molar-refractivity contribution in [2.75, 3.05) is 0 Å². The van der Waals surface area contributed by atoms with Crippen molar-refractivity contribution in [3.05, 3.63) is 68.4 Å². The Bertz CT molecular complexity index is 871. The highest BCUT2D eigenvalue weighted by Crippen LogP contribution is 2.29. The molecule has 2 aliphatic carbocycles. The third kappa shape index (κ3) is 1.67. The molecule has 1 atom stereocenters. The van der Waals surface area contributed by atoms with Crippen molar-refractivity contribution in [1.29, 1.82) is 0 Å². The van der Waals surface area contributed by atoms with Crippen LogP contribution in [-0.2, 0) is 6.42 Å². The summed E-state index contributed by atoms with van der Waals surface area (Å²) in [6, 6.07) is 13.5. The molecule has 2 aromatic carbocycles. The SMILES string of the molecule is CCC1CCC=c2ccc3c(c21)CC=c1ccccc1=3. The van der Waals surface area contributed by atoms with Gasteiger partial charge in [-0.05, 0) is 63.6 Å². The summed E-state index contributed by atoms with van der Waals surface area (Å²) in [4.78, 5) is 0. The van der Waals surface area contributed by atoms with Gasteiger partial charge in [-0.25, -0.2) is 0 Å². The molecule has 0 bridgehead atoms. The summed E-state index contributed by atoms with van der Waals surface area (Å²) in [6.45, 7) is 2.33. The van der Waals surface area contributed by atoms with Gasteiger partial charge in [-0.2, -0.15) is 0 Å². The molecule has 0 fully saturated rings. The first-order valence-electron chi connectivity index (χ1n) is 7.80.